The van der Waals surface area contributed by atoms with Gasteiger partial charge in [-0.05, 0) is 39.0 Å². The summed E-state index contributed by atoms with van der Waals surface area (Å²) in [6, 6.07) is 0.756. The number of methoxy groups -OCH3 is 1. The van der Waals surface area contributed by atoms with Gasteiger partial charge in [-0.1, -0.05) is 0 Å². The number of nitrogens with one attached hydrogen (secondary N) is 1. The number of piperazine rings is 1. The highest BCUT2D eigenvalue weighted by Gasteiger charge is 2.40. The normalized spacial score (nSPS) is 27.6. The van der Waals surface area contributed by atoms with Crippen LogP contribution in [0.4, 0.5) is 0 Å². The fourth-order valence-corrected chi connectivity index (χ4v) is 3.00. The minimum atomic E-state index is 0.252. The molecule has 1 unspecified atom stereocenters. The van der Waals surface area contributed by atoms with Crippen LogP contribution in [0.15, 0.2) is 0 Å². The molecular weight excluding hydrogens is 240 g/mol. The van der Waals surface area contributed by atoms with Gasteiger partial charge in [-0.15, -0.1) is 0 Å². The van der Waals surface area contributed by atoms with Crippen LogP contribution in [0.2, 0.25) is 0 Å². The van der Waals surface area contributed by atoms with E-state index >= 15 is 0 Å². The largest absolute Gasteiger partial charge is 0.382 e. The van der Waals surface area contributed by atoms with E-state index < -0.39 is 0 Å². The molecule has 4 heteroatoms. The second-order valence-electron chi connectivity index (χ2n) is 6.60. The van der Waals surface area contributed by atoms with Crippen LogP contribution in [0.1, 0.15) is 33.1 Å². The molecule has 2 aliphatic rings. The van der Waals surface area contributed by atoms with Crippen LogP contribution in [-0.2, 0) is 9.47 Å². The monoisotopic (exact) mass is 270 g/mol. The van der Waals surface area contributed by atoms with Crippen molar-refractivity contribution < 1.29 is 9.47 Å². The Kier molecular flexibility index (Phi) is 5.63. The average Bonchev–Trinajstić information content (AvgIpc) is 3.17. The molecule has 0 aromatic carbocycles. The van der Waals surface area contributed by atoms with E-state index in [0.717, 1.165) is 44.7 Å². The molecule has 112 valence electrons. The standard InChI is InChI=1S/C15H30N2O2/c1-15(2)12-17(7-4-8-19-10-9-18-3)14(11-16-15)13-5-6-13/h13-14,16H,4-12H2,1-3H3. The van der Waals surface area contributed by atoms with Crippen LogP contribution in [0.3, 0.4) is 0 Å². The van der Waals surface area contributed by atoms with Crippen molar-refractivity contribution in [3.63, 3.8) is 0 Å². The highest BCUT2D eigenvalue weighted by atomic mass is 16.5. The van der Waals surface area contributed by atoms with Crippen LogP contribution in [-0.4, -0.2) is 63.0 Å². The topological polar surface area (TPSA) is 33.7 Å². The van der Waals surface area contributed by atoms with Crippen molar-refractivity contribution in [3.8, 4) is 0 Å². The molecule has 1 saturated carbocycles. The zero-order valence-corrected chi connectivity index (χ0v) is 12.8. The molecule has 4 nitrogen and oxygen atoms in total. The van der Waals surface area contributed by atoms with Crippen molar-refractivity contribution >= 4 is 0 Å². The fourth-order valence-electron chi connectivity index (χ4n) is 3.00. The third-order valence-corrected chi connectivity index (χ3v) is 4.19. The molecule has 1 aliphatic carbocycles. The van der Waals surface area contributed by atoms with Gasteiger partial charge in [-0.2, -0.15) is 0 Å². The lowest BCUT2D eigenvalue weighted by atomic mass is 9.96. The Morgan fingerprint density at radius 2 is 2.00 bits per heavy atom. The van der Waals surface area contributed by atoms with E-state index in [-0.39, 0.29) is 5.54 Å². The molecule has 2 fully saturated rings. The van der Waals surface area contributed by atoms with Gasteiger partial charge in [0.25, 0.3) is 0 Å². The molecule has 0 radical (unpaired) electrons. The first-order valence-corrected chi connectivity index (χ1v) is 7.68. The minimum absolute atomic E-state index is 0.252. The van der Waals surface area contributed by atoms with Crippen molar-refractivity contribution in [2.45, 2.75) is 44.7 Å². The highest BCUT2D eigenvalue weighted by molar-refractivity contribution is 4.98. The van der Waals surface area contributed by atoms with E-state index in [4.69, 9.17) is 9.47 Å². The molecule has 1 heterocycles. The second-order valence-corrected chi connectivity index (χ2v) is 6.60. The number of ether oxygens (including phenoxy) is 2. The third-order valence-electron chi connectivity index (χ3n) is 4.19. The van der Waals surface area contributed by atoms with Gasteiger partial charge in [0.2, 0.25) is 0 Å². The molecular formula is C15H30N2O2. The maximum absolute atomic E-state index is 5.56. The molecule has 0 spiro atoms. The van der Waals surface area contributed by atoms with Gasteiger partial charge >= 0.3 is 0 Å². The lowest BCUT2D eigenvalue weighted by molar-refractivity contribution is 0.0476. The Labute approximate surface area is 117 Å². The number of nitrogens with zero attached hydrogens (tertiary/aromatic N) is 1. The Morgan fingerprint density at radius 1 is 1.21 bits per heavy atom. The van der Waals surface area contributed by atoms with Gasteiger partial charge in [0, 0.05) is 44.9 Å². The lowest BCUT2D eigenvalue weighted by Gasteiger charge is -2.45. The fraction of sp³-hybridized carbons (Fsp3) is 1.00. The first-order valence-electron chi connectivity index (χ1n) is 7.68. The Bertz CT molecular complexity index is 267. The van der Waals surface area contributed by atoms with Crippen molar-refractivity contribution in [1.29, 1.82) is 0 Å². The van der Waals surface area contributed by atoms with Crippen LogP contribution in [0, 0.1) is 5.92 Å². The van der Waals surface area contributed by atoms with Crippen LogP contribution in [0.25, 0.3) is 0 Å². The highest BCUT2D eigenvalue weighted by Crippen LogP contribution is 2.37. The first-order chi connectivity index (χ1) is 9.12. The lowest BCUT2D eigenvalue weighted by Crippen LogP contribution is -2.62. The van der Waals surface area contributed by atoms with Gasteiger partial charge in [0.05, 0.1) is 13.2 Å². The molecule has 0 bridgehead atoms. The summed E-state index contributed by atoms with van der Waals surface area (Å²) < 4.78 is 10.5. The first kappa shape index (κ1) is 15.2. The zero-order valence-electron chi connectivity index (χ0n) is 12.8. The summed E-state index contributed by atoms with van der Waals surface area (Å²) in [6.07, 6.45) is 3.98. The van der Waals surface area contributed by atoms with Crippen molar-refractivity contribution in [1.82, 2.24) is 10.2 Å². The maximum atomic E-state index is 5.56. The predicted octanol–water partition coefficient (Wildman–Crippen LogP) is 1.50. The summed E-state index contributed by atoms with van der Waals surface area (Å²) >= 11 is 0. The van der Waals surface area contributed by atoms with E-state index in [1.165, 1.54) is 19.4 Å². The van der Waals surface area contributed by atoms with Crippen molar-refractivity contribution in [2.75, 3.05) is 46.6 Å². The summed E-state index contributed by atoms with van der Waals surface area (Å²) in [4.78, 5) is 2.69. The molecule has 1 N–H and O–H groups in total. The molecule has 0 aromatic heterocycles. The maximum Gasteiger partial charge on any atom is 0.0700 e. The number of hydrogen-bond donors (Lipinski definition) is 1. The Hall–Kier alpha value is -0.160. The smallest absolute Gasteiger partial charge is 0.0700 e. The molecule has 0 aromatic rings. The quantitative estimate of drug-likeness (QED) is 0.678. The molecule has 1 aliphatic heterocycles. The molecule has 1 atom stereocenters. The van der Waals surface area contributed by atoms with E-state index in [0.29, 0.717) is 6.61 Å². The van der Waals surface area contributed by atoms with Gasteiger partial charge in [-0.3, -0.25) is 4.90 Å². The van der Waals surface area contributed by atoms with E-state index in [1.54, 1.807) is 7.11 Å². The van der Waals surface area contributed by atoms with Gasteiger partial charge in [0.15, 0.2) is 0 Å². The molecule has 2 rings (SSSR count). The van der Waals surface area contributed by atoms with E-state index in [2.05, 4.69) is 24.1 Å². The van der Waals surface area contributed by atoms with Gasteiger partial charge in [0.1, 0.15) is 0 Å². The number of rotatable bonds is 8. The molecule has 19 heavy (non-hydrogen) atoms. The summed E-state index contributed by atoms with van der Waals surface area (Å²) in [6.45, 7) is 10.4. The summed E-state index contributed by atoms with van der Waals surface area (Å²) in [5, 5.41) is 3.69. The summed E-state index contributed by atoms with van der Waals surface area (Å²) in [5.41, 5.74) is 0.252. The average molecular weight is 270 g/mol. The van der Waals surface area contributed by atoms with Crippen LogP contribution >= 0.6 is 0 Å². The SMILES string of the molecule is COCCOCCCN1CC(C)(C)NCC1C1CC1. The number of hydrogen-bond acceptors (Lipinski definition) is 4. The van der Waals surface area contributed by atoms with Crippen molar-refractivity contribution in [2.24, 2.45) is 5.92 Å². The molecule has 1 saturated heterocycles. The van der Waals surface area contributed by atoms with Gasteiger partial charge in [-0.25, -0.2) is 0 Å². The third kappa shape index (κ3) is 5.03. The minimum Gasteiger partial charge on any atom is -0.382 e. The molecule has 0 amide bonds. The van der Waals surface area contributed by atoms with Crippen molar-refractivity contribution in [3.05, 3.63) is 0 Å². The van der Waals surface area contributed by atoms with E-state index in [1.807, 2.05) is 0 Å². The van der Waals surface area contributed by atoms with Crippen LogP contribution < -0.4 is 5.32 Å². The Balaban J connectivity index is 1.68. The Morgan fingerprint density at radius 3 is 2.68 bits per heavy atom. The predicted molar refractivity (Wildman–Crippen MR) is 77.5 cm³/mol. The van der Waals surface area contributed by atoms with Gasteiger partial charge < -0.3 is 14.8 Å². The second kappa shape index (κ2) is 7.02. The van der Waals surface area contributed by atoms with E-state index in [9.17, 15) is 0 Å². The van der Waals surface area contributed by atoms with Crippen LogP contribution in [0.5, 0.6) is 0 Å². The zero-order chi connectivity index (χ0) is 13.7. The summed E-state index contributed by atoms with van der Waals surface area (Å²) in [5.74, 6) is 0.943. The summed E-state index contributed by atoms with van der Waals surface area (Å²) in [7, 11) is 1.71.